The zero-order valence-corrected chi connectivity index (χ0v) is 18.5. The van der Waals surface area contributed by atoms with Gasteiger partial charge in [-0.15, -0.1) is 0 Å². The number of anilines is 1. The van der Waals surface area contributed by atoms with Gasteiger partial charge in [-0.2, -0.15) is 0 Å². The van der Waals surface area contributed by atoms with Gasteiger partial charge in [0.15, 0.2) is 0 Å². The Morgan fingerprint density at radius 1 is 1.19 bits per heavy atom. The molecule has 0 aliphatic carbocycles. The number of likely N-dealkylation sites (tertiary alicyclic amines) is 1. The van der Waals surface area contributed by atoms with Crippen LogP contribution in [0, 0.1) is 6.92 Å². The zero-order valence-electron chi connectivity index (χ0n) is 18.5. The largest absolute Gasteiger partial charge is 0.362 e. The summed E-state index contributed by atoms with van der Waals surface area (Å²) < 4.78 is 0. The number of aromatic nitrogens is 1. The molecule has 1 aromatic heterocycles. The van der Waals surface area contributed by atoms with Gasteiger partial charge in [-0.05, 0) is 62.1 Å². The van der Waals surface area contributed by atoms with E-state index in [2.05, 4.69) is 20.9 Å². The molecule has 1 fully saturated rings. The number of rotatable bonds is 5. The van der Waals surface area contributed by atoms with Crippen LogP contribution in [-0.2, 0) is 16.0 Å². The lowest BCUT2D eigenvalue weighted by Crippen LogP contribution is -2.58. The molecule has 1 aromatic carbocycles. The van der Waals surface area contributed by atoms with Crippen LogP contribution in [-0.4, -0.2) is 52.4 Å². The summed E-state index contributed by atoms with van der Waals surface area (Å²) in [5, 5.41) is 9.47. The second-order valence-electron chi connectivity index (χ2n) is 8.62. The molecule has 2 aromatic rings. The lowest BCUT2D eigenvalue weighted by molar-refractivity contribution is -0.139. The lowest BCUT2D eigenvalue weighted by Gasteiger charge is -2.40. The van der Waals surface area contributed by atoms with Crippen molar-refractivity contribution < 1.29 is 14.4 Å². The maximum atomic E-state index is 12.9. The van der Waals surface area contributed by atoms with Crippen LogP contribution in [0.3, 0.4) is 0 Å². The van der Waals surface area contributed by atoms with E-state index in [4.69, 9.17) is 0 Å². The number of pyridine rings is 1. The van der Waals surface area contributed by atoms with E-state index in [0.717, 1.165) is 16.8 Å². The van der Waals surface area contributed by atoms with Gasteiger partial charge < -0.3 is 20.9 Å². The third-order valence-electron chi connectivity index (χ3n) is 6.32. The number of hydrogen-bond acceptors (Lipinski definition) is 5. The van der Waals surface area contributed by atoms with Crippen molar-refractivity contribution in [2.24, 2.45) is 0 Å². The van der Waals surface area contributed by atoms with E-state index in [1.807, 2.05) is 37.3 Å². The molecule has 3 heterocycles. The van der Waals surface area contributed by atoms with Crippen LogP contribution < -0.4 is 16.0 Å². The molecule has 8 heteroatoms. The summed E-state index contributed by atoms with van der Waals surface area (Å²) in [5.74, 6) is -0.392. The van der Waals surface area contributed by atoms with Crippen LogP contribution in [0.25, 0.3) is 0 Å². The Kier molecular flexibility index (Phi) is 6.12. The van der Waals surface area contributed by atoms with Crippen LogP contribution in [0.2, 0.25) is 0 Å². The normalized spacial score (nSPS) is 21.2. The Labute approximate surface area is 187 Å². The van der Waals surface area contributed by atoms with E-state index in [1.165, 1.54) is 0 Å². The van der Waals surface area contributed by atoms with E-state index in [0.29, 0.717) is 37.9 Å². The lowest BCUT2D eigenvalue weighted by atomic mass is 9.94. The van der Waals surface area contributed by atoms with Crippen molar-refractivity contribution in [3.8, 4) is 0 Å². The average molecular weight is 436 g/mol. The van der Waals surface area contributed by atoms with E-state index in [1.54, 1.807) is 24.2 Å². The smallest absolute Gasteiger partial charge is 0.255 e. The Morgan fingerprint density at radius 2 is 1.97 bits per heavy atom. The van der Waals surface area contributed by atoms with Gasteiger partial charge in [-0.1, -0.05) is 6.07 Å². The number of nitrogens with one attached hydrogen (secondary N) is 3. The molecule has 1 saturated heterocycles. The van der Waals surface area contributed by atoms with Crippen LogP contribution in [0.15, 0.2) is 42.7 Å². The molecular weight excluding hydrogens is 406 g/mol. The Balaban J connectivity index is 1.39. The van der Waals surface area contributed by atoms with Gasteiger partial charge in [0.2, 0.25) is 11.8 Å². The third-order valence-corrected chi connectivity index (χ3v) is 6.32. The van der Waals surface area contributed by atoms with Crippen LogP contribution >= 0.6 is 0 Å². The average Bonchev–Trinajstić information content (AvgIpc) is 2.92. The molecule has 0 saturated carbocycles. The summed E-state index contributed by atoms with van der Waals surface area (Å²) >= 11 is 0. The second kappa shape index (κ2) is 8.98. The number of amides is 3. The van der Waals surface area contributed by atoms with Crippen LogP contribution in [0.4, 0.5) is 5.69 Å². The van der Waals surface area contributed by atoms with Gasteiger partial charge in [-0.25, -0.2) is 0 Å². The highest BCUT2D eigenvalue weighted by Crippen LogP contribution is 2.32. The molecule has 0 radical (unpaired) electrons. The molecule has 0 bridgehead atoms. The molecule has 4 rings (SSSR count). The number of aryl methyl sites for hydroxylation is 1. The molecule has 2 atom stereocenters. The number of carbonyl (C=O) groups excluding carboxylic acids is 3. The molecule has 1 spiro atoms. The Morgan fingerprint density at radius 3 is 2.75 bits per heavy atom. The van der Waals surface area contributed by atoms with E-state index >= 15 is 0 Å². The van der Waals surface area contributed by atoms with Crippen molar-refractivity contribution in [2.75, 3.05) is 18.4 Å². The fourth-order valence-electron chi connectivity index (χ4n) is 4.39. The molecule has 2 aliphatic rings. The first-order valence-electron chi connectivity index (χ1n) is 11.0. The quantitative estimate of drug-likeness (QED) is 0.667. The maximum Gasteiger partial charge on any atom is 0.255 e. The summed E-state index contributed by atoms with van der Waals surface area (Å²) in [6.45, 7) is 4.61. The number of carbonyl (C=O) groups is 3. The first kappa shape index (κ1) is 21.8. The first-order chi connectivity index (χ1) is 15.4. The first-order valence-corrected chi connectivity index (χ1v) is 11.0. The molecule has 0 unspecified atom stereocenters. The summed E-state index contributed by atoms with van der Waals surface area (Å²) in [7, 11) is 0. The molecule has 2 aliphatic heterocycles. The summed E-state index contributed by atoms with van der Waals surface area (Å²) in [5.41, 5.74) is 2.85. The molecule has 32 heavy (non-hydrogen) atoms. The van der Waals surface area contributed by atoms with Crippen molar-refractivity contribution in [1.82, 2.24) is 20.5 Å². The van der Waals surface area contributed by atoms with Gasteiger partial charge in [0.25, 0.3) is 5.91 Å². The summed E-state index contributed by atoms with van der Waals surface area (Å²) in [6.07, 6.45) is 5.40. The van der Waals surface area contributed by atoms with E-state index in [-0.39, 0.29) is 24.1 Å². The van der Waals surface area contributed by atoms with Crippen molar-refractivity contribution in [1.29, 1.82) is 0 Å². The summed E-state index contributed by atoms with van der Waals surface area (Å²) in [6, 6.07) is 8.93. The number of nitrogens with zero attached hydrogens (tertiary/aromatic N) is 2. The Hall–Kier alpha value is -3.42. The van der Waals surface area contributed by atoms with E-state index < -0.39 is 11.7 Å². The number of hydrogen-bond donors (Lipinski definition) is 3. The highest BCUT2D eigenvalue weighted by Gasteiger charge is 2.41. The molecular formula is C24H29N5O3. The van der Waals surface area contributed by atoms with Crippen molar-refractivity contribution in [3.05, 3.63) is 59.4 Å². The minimum absolute atomic E-state index is 0.0789. The zero-order chi connectivity index (χ0) is 22.7. The number of benzene rings is 1. The molecule has 168 valence electrons. The molecule has 3 amide bonds. The van der Waals surface area contributed by atoms with Gasteiger partial charge >= 0.3 is 0 Å². The van der Waals surface area contributed by atoms with Crippen molar-refractivity contribution >= 4 is 23.4 Å². The fourth-order valence-corrected chi connectivity index (χ4v) is 4.39. The van der Waals surface area contributed by atoms with Gasteiger partial charge in [0.05, 0.1) is 5.56 Å². The molecule has 8 nitrogen and oxygen atoms in total. The predicted molar refractivity (Wildman–Crippen MR) is 121 cm³/mol. The van der Waals surface area contributed by atoms with Crippen molar-refractivity contribution in [3.63, 3.8) is 0 Å². The summed E-state index contributed by atoms with van der Waals surface area (Å²) in [4.78, 5) is 43.9. The fraction of sp³-hybridized carbons (Fsp3) is 0.417. The van der Waals surface area contributed by atoms with Gasteiger partial charge in [0, 0.05) is 44.0 Å². The predicted octanol–water partition coefficient (Wildman–Crippen LogP) is 2.00. The SMILES string of the molecule is Cc1ccc2c(c1)N[C@@]1(CCC(=O)N([C@@H](C)C(=O)NCCc3ccncc3)CC1)NC2=O. The van der Waals surface area contributed by atoms with Crippen molar-refractivity contribution in [2.45, 2.75) is 51.2 Å². The topological polar surface area (TPSA) is 103 Å². The van der Waals surface area contributed by atoms with Crippen LogP contribution in [0.1, 0.15) is 47.7 Å². The monoisotopic (exact) mass is 435 g/mol. The standard InChI is InChI=1S/C24H29N5O3/c1-16-3-4-19-20(15-16)27-24(28-23(19)32)9-5-21(30)29(14-10-24)17(2)22(31)26-13-8-18-6-11-25-12-7-18/h3-4,6-7,11-12,15,17,27H,5,8-10,13-14H2,1-2H3,(H,26,31)(H,28,32)/t17-,24-/m0/s1. The van der Waals surface area contributed by atoms with Gasteiger partial charge in [0.1, 0.15) is 11.7 Å². The van der Waals surface area contributed by atoms with Gasteiger partial charge in [-0.3, -0.25) is 19.4 Å². The minimum Gasteiger partial charge on any atom is -0.362 e. The Bertz CT molecular complexity index is 1030. The third kappa shape index (κ3) is 4.59. The number of fused-ring (bicyclic) bond motifs is 1. The van der Waals surface area contributed by atoms with Crippen LogP contribution in [0.5, 0.6) is 0 Å². The van der Waals surface area contributed by atoms with E-state index in [9.17, 15) is 14.4 Å². The maximum absolute atomic E-state index is 12.9. The highest BCUT2D eigenvalue weighted by molar-refractivity contribution is 6.02. The minimum atomic E-state index is -0.695. The molecule has 3 N–H and O–H groups in total. The second-order valence-corrected chi connectivity index (χ2v) is 8.62. The highest BCUT2D eigenvalue weighted by atomic mass is 16.2.